The van der Waals surface area contributed by atoms with Gasteiger partial charge in [0.25, 0.3) is 5.56 Å². The zero-order valence-corrected chi connectivity index (χ0v) is 15.5. The first-order valence-electron chi connectivity index (χ1n) is 8.82. The van der Waals surface area contributed by atoms with Crippen molar-refractivity contribution in [2.75, 3.05) is 6.61 Å². The van der Waals surface area contributed by atoms with Crippen LogP contribution in [0.5, 0.6) is 0 Å². The second kappa shape index (κ2) is 7.66. The van der Waals surface area contributed by atoms with E-state index in [1.54, 1.807) is 18.2 Å². The summed E-state index contributed by atoms with van der Waals surface area (Å²) in [6, 6.07) is 8.13. The standard InChI is InChI=1S/C18H16ClFN6O2/c19-17-15-16(23-25(17)10-11-3-1-2-4-14(11)20)18(27)26(24-22-15)12-6-8-28-13(9-12)5-7-21/h1-4,12-13H,5-6,8-10H2/t12-,13-/m0/s1. The first kappa shape index (κ1) is 18.5. The Morgan fingerprint density at radius 1 is 1.36 bits per heavy atom. The van der Waals surface area contributed by atoms with E-state index in [0.29, 0.717) is 25.0 Å². The Hall–Kier alpha value is -2.83. The summed E-state index contributed by atoms with van der Waals surface area (Å²) in [6.45, 7) is 0.508. The second-order valence-corrected chi connectivity index (χ2v) is 6.97. The van der Waals surface area contributed by atoms with Gasteiger partial charge in [0.05, 0.1) is 31.2 Å². The topological polar surface area (TPSA) is 98.6 Å². The van der Waals surface area contributed by atoms with Crippen LogP contribution in [-0.2, 0) is 11.3 Å². The Morgan fingerprint density at radius 2 is 2.18 bits per heavy atom. The lowest BCUT2D eigenvalue weighted by atomic mass is 10.0. The lowest BCUT2D eigenvalue weighted by molar-refractivity contribution is -0.00607. The maximum Gasteiger partial charge on any atom is 0.298 e. The average molecular weight is 403 g/mol. The van der Waals surface area contributed by atoms with E-state index >= 15 is 0 Å². The van der Waals surface area contributed by atoms with Crippen LogP contribution < -0.4 is 5.56 Å². The minimum Gasteiger partial charge on any atom is -0.377 e. The molecule has 0 radical (unpaired) electrons. The van der Waals surface area contributed by atoms with Gasteiger partial charge in [-0.05, 0) is 18.9 Å². The number of benzene rings is 1. The van der Waals surface area contributed by atoms with Gasteiger partial charge >= 0.3 is 0 Å². The van der Waals surface area contributed by atoms with Crippen LogP contribution in [0.2, 0.25) is 5.15 Å². The van der Waals surface area contributed by atoms with Crippen molar-refractivity contribution in [1.82, 2.24) is 24.8 Å². The highest BCUT2D eigenvalue weighted by molar-refractivity contribution is 6.33. The molecule has 3 aromatic rings. The molecular formula is C18H16ClFN6O2. The summed E-state index contributed by atoms with van der Waals surface area (Å²) in [7, 11) is 0. The molecule has 0 bridgehead atoms. The molecule has 2 atom stereocenters. The predicted octanol–water partition coefficient (Wildman–Crippen LogP) is 2.46. The van der Waals surface area contributed by atoms with Crippen LogP contribution >= 0.6 is 11.6 Å². The second-order valence-electron chi connectivity index (χ2n) is 6.61. The van der Waals surface area contributed by atoms with Crippen LogP contribution in [0, 0.1) is 17.1 Å². The number of halogens is 2. The lowest BCUT2D eigenvalue weighted by Crippen LogP contribution is -2.35. The third-order valence-electron chi connectivity index (χ3n) is 4.80. The van der Waals surface area contributed by atoms with Gasteiger partial charge in [-0.2, -0.15) is 10.4 Å². The van der Waals surface area contributed by atoms with Crippen molar-refractivity contribution in [2.24, 2.45) is 0 Å². The molecule has 4 rings (SSSR count). The Kier molecular flexibility index (Phi) is 5.07. The van der Waals surface area contributed by atoms with E-state index in [0.717, 1.165) is 0 Å². The van der Waals surface area contributed by atoms with Crippen LogP contribution in [-0.4, -0.2) is 37.5 Å². The van der Waals surface area contributed by atoms with Crippen molar-refractivity contribution >= 4 is 22.6 Å². The van der Waals surface area contributed by atoms with Gasteiger partial charge in [0.2, 0.25) is 0 Å². The third-order valence-corrected chi connectivity index (χ3v) is 5.18. The molecule has 10 heteroatoms. The Labute approximate surface area is 164 Å². The first-order chi connectivity index (χ1) is 13.6. The fourth-order valence-corrected chi connectivity index (χ4v) is 3.59. The highest BCUT2D eigenvalue weighted by Crippen LogP contribution is 2.26. The monoisotopic (exact) mass is 402 g/mol. The smallest absolute Gasteiger partial charge is 0.298 e. The molecule has 0 aliphatic carbocycles. The first-order valence-corrected chi connectivity index (χ1v) is 9.19. The quantitative estimate of drug-likeness (QED) is 0.664. The predicted molar refractivity (Wildman–Crippen MR) is 98.3 cm³/mol. The zero-order chi connectivity index (χ0) is 19.7. The number of aromatic nitrogens is 5. The molecule has 1 saturated heterocycles. The molecule has 0 unspecified atom stereocenters. The molecule has 1 aliphatic heterocycles. The van der Waals surface area contributed by atoms with E-state index < -0.39 is 5.56 Å². The molecule has 144 valence electrons. The average Bonchev–Trinajstić information content (AvgIpc) is 3.01. The Morgan fingerprint density at radius 3 is 2.96 bits per heavy atom. The number of hydrogen-bond donors (Lipinski definition) is 0. The van der Waals surface area contributed by atoms with E-state index in [-0.39, 0.29) is 47.1 Å². The molecule has 28 heavy (non-hydrogen) atoms. The van der Waals surface area contributed by atoms with Gasteiger partial charge in [0.15, 0.2) is 16.2 Å². The van der Waals surface area contributed by atoms with Crippen molar-refractivity contribution in [3.05, 3.63) is 51.2 Å². The Balaban J connectivity index is 1.69. The SMILES string of the molecule is N#CC[C@H]1C[C@@H](n2nnc3c(Cl)n(Cc4ccccc4F)nc3c2=O)CCO1. The fourth-order valence-electron chi connectivity index (χ4n) is 3.36. The summed E-state index contributed by atoms with van der Waals surface area (Å²) >= 11 is 6.31. The molecule has 0 saturated carbocycles. The number of nitriles is 1. The molecular weight excluding hydrogens is 387 g/mol. The van der Waals surface area contributed by atoms with E-state index in [2.05, 4.69) is 21.5 Å². The maximum atomic E-state index is 13.9. The van der Waals surface area contributed by atoms with E-state index in [1.807, 2.05) is 0 Å². The summed E-state index contributed by atoms with van der Waals surface area (Å²) in [5.74, 6) is -0.382. The highest BCUT2D eigenvalue weighted by Gasteiger charge is 2.27. The van der Waals surface area contributed by atoms with Crippen LogP contribution in [0.15, 0.2) is 29.1 Å². The molecule has 0 N–H and O–H groups in total. The van der Waals surface area contributed by atoms with Gasteiger partial charge in [-0.15, -0.1) is 5.10 Å². The van der Waals surface area contributed by atoms with Gasteiger partial charge in [-0.3, -0.25) is 4.79 Å². The summed E-state index contributed by atoms with van der Waals surface area (Å²) in [5, 5.41) is 21.3. The van der Waals surface area contributed by atoms with Gasteiger partial charge in [-0.1, -0.05) is 35.0 Å². The van der Waals surface area contributed by atoms with Crippen molar-refractivity contribution in [3.8, 4) is 6.07 Å². The van der Waals surface area contributed by atoms with E-state index in [1.165, 1.54) is 15.4 Å². The van der Waals surface area contributed by atoms with E-state index in [9.17, 15) is 9.18 Å². The molecule has 1 aliphatic rings. The minimum absolute atomic E-state index is 0.0722. The molecule has 2 aromatic heterocycles. The van der Waals surface area contributed by atoms with Crippen LogP contribution in [0.3, 0.4) is 0 Å². The van der Waals surface area contributed by atoms with Crippen LogP contribution in [0.1, 0.15) is 30.9 Å². The van der Waals surface area contributed by atoms with Crippen molar-refractivity contribution in [2.45, 2.75) is 38.0 Å². The molecule has 8 nitrogen and oxygen atoms in total. The number of nitrogens with zero attached hydrogens (tertiary/aromatic N) is 6. The number of ether oxygens (including phenoxy) is 1. The van der Waals surface area contributed by atoms with Crippen molar-refractivity contribution in [1.29, 1.82) is 5.26 Å². The normalized spacial score (nSPS) is 19.6. The van der Waals surface area contributed by atoms with Crippen LogP contribution in [0.4, 0.5) is 4.39 Å². The van der Waals surface area contributed by atoms with Crippen LogP contribution in [0.25, 0.3) is 11.0 Å². The number of hydrogen-bond acceptors (Lipinski definition) is 6. The summed E-state index contributed by atoms with van der Waals surface area (Å²) in [5.41, 5.74) is 0.246. The third kappa shape index (κ3) is 3.37. The molecule has 1 aromatic carbocycles. The lowest BCUT2D eigenvalue weighted by Gasteiger charge is -2.28. The molecule has 3 heterocycles. The fraction of sp³-hybridized carbons (Fsp3) is 0.389. The number of rotatable bonds is 4. The zero-order valence-electron chi connectivity index (χ0n) is 14.8. The van der Waals surface area contributed by atoms with Crippen molar-refractivity contribution in [3.63, 3.8) is 0 Å². The summed E-state index contributed by atoms with van der Waals surface area (Å²) in [6.07, 6.45) is 1.10. The summed E-state index contributed by atoms with van der Waals surface area (Å²) < 4.78 is 22.1. The maximum absolute atomic E-state index is 13.9. The summed E-state index contributed by atoms with van der Waals surface area (Å²) in [4.78, 5) is 12.9. The van der Waals surface area contributed by atoms with Gasteiger partial charge < -0.3 is 4.74 Å². The van der Waals surface area contributed by atoms with Gasteiger partial charge in [-0.25, -0.2) is 13.8 Å². The van der Waals surface area contributed by atoms with Gasteiger partial charge in [0.1, 0.15) is 5.82 Å². The Bertz CT molecular complexity index is 1120. The van der Waals surface area contributed by atoms with Crippen molar-refractivity contribution < 1.29 is 9.13 Å². The molecule has 0 amide bonds. The number of fused-ring (bicyclic) bond motifs is 1. The molecule has 0 spiro atoms. The van der Waals surface area contributed by atoms with Gasteiger partial charge in [0, 0.05) is 12.2 Å². The molecule has 1 fully saturated rings. The van der Waals surface area contributed by atoms with E-state index in [4.69, 9.17) is 21.6 Å². The largest absolute Gasteiger partial charge is 0.377 e. The highest BCUT2D eigenvalue weighted by atomic mass is 35.5. The minimum atomic E-state index is -0.415.